The Morgan fingerprint density at radius 2 is 1.82 bits per heavy atom. The molecule has 22 heavy (non-hydrogen) atoms. The number of methoxy groups -OCH3 is 1. The zero-order chi connectivity index (χ0) is 15.4. The minimum atomic E-state index is -0.313. The number of hydrogen-bond acceptors (Lipinski definition) is 3. The second-order valence-electron chi connectivity index (χ2n) is 5.17. The molecule has 1 aliphatic heterocycles. The molecule has 0 bridgehead atoms. The summed E-state index contributed by atoms with van der Waals surface area (Å²) in [7, 11) is 1.39. The van der Waals surface area contributed by atoms with Crippen LogP contribution in [-0.4, -0.2) is 18.8 Å². The number of hydrogen-bond donors (Lipinski definition) is 0. The predicted octanol–water partition coefficient (Wildman–Crippen LogP) is 3.96. The van der Waals surface area contributed by atoms with Crippen molar-refractivity contribution in [2.45, 2.75) is 12.3 Å². The van der Waals surface area contributed by atoms with Gasteiger partial charge in [-0.3, -0.25) is 4.99 Å². The van der Waals surface area contributed by atoms with Crippen LogP contribution in [0.15, 0.2) is 71.9 Å². The summed E-state index contributed by atoms with van der Waals surface area (Å²) in [5.74, 6) is -0.105. The molecule has 0 saturated carbocycles. The highest BCUT2D eigenvalue weighted by Crippen LogP contribution is 2.28. The highest BCUT2D eigenvalue weighted by Gasteiger charge is 2.21. The highest BCUT2D eigenvalue weighted by atomic mass is 16.5. The number of ether oxygens (including phenoxy) is 1. The van der Waals surface area contributed by atoms with Crippen molar-refractivity contribution in [3.63, 3.8) is 0 Å². The first kappa shape index (κ1) is 14.3. The number of esters is 1. The van der Waals surface area contributed by atoms with E-state index < -0.39 is 0 Å². The SMILES string of the molecule is COC(=O)c1ccc([C@@H]2CC=CN=C2c2ccccc2)cc1. The van der Waals surface area contributed by atoms with Gasteiger partial charge >= 0.3 is 5.97 Å². The number of benzene rings is 2. The van der Waals surface area contributed by atoms with Gasteiger partial charge in [0.1, 0.15) is 0 Å². The molecule has 0 fully saturated rings. The third kappa shape index (κ3) is 2.84. The number of carbonyl (C=O) groups excluding carboxylic acids is 1. The van der Waals surface area contributed by atoms with Gasteiger partial charge in [0.15, 0.2) is 0 Å². The van der Waals surface area contributed by atoms with Crippen LogP contribution in [0, 0.1) is 0 Å². The van der Waals surface area contributed by atoms with Crippen LogP contribution >= 0.6 is 0 Å². The Bertz CT molecular complexity index is 715. The van der Waals surface area contributed by atoms with Crippen molar-refractivity contribution >= 4 is 11.7 Å². The first-order chi connectivity index (χ1) is 10.8. The summed E-state index contributed by atoms with van der Waals surface area (Å²) in [6, 6.07) is 17.8. The summed E-state index contributed by atoms with van der Waals surface area (Å²) >= 11 is 0. The second-order valence-corrected chi connectivity index (χ2v) is 5.17. The summed E-state index contributed by atoms with van der Waals surface area (Å²) < 4.78 is 4.74. The molecular formula is C19H17NO2. The van der Waals surface area contributed by atoms with E-state index >= 15 is 0 Å². The maximum Gasteiger partial charge on any atom is 0.337 e. The van der Waals surface area contributed by atoms with Crippen molar-refractivity contribution in [1.82, 2.24) is 0 Å². The molecule has 1 atom stereocenters. The molecule has 0 amide bonds. The molecule has 1 aliphatic rings. The van der Waals surface area contributed by atoms with Crippen molar-refractivity contribution in [3.05, 3.63) is 83.6 Å². The highest BCUT2D eigenvalue weighted by molar-refractivity contribution is 6.06. The Hall–Kier alpha value is -2.68. The quantitative estimate of drug-likeness (QED) is 0.803. The van der Waals surface area contributed by atoms with Gasteiger partial charge < -0.3 is 4.74 Å². The van der Waals surface area contributed by atoms with E-state index in [9.17, 15) is 4.79 Å². The van der Waals surface area contributed by atoms with E-state index in [-0.39, 0.29) is 11.9 Å². The van der Waals surface area contributed by atoms with Crippen LogP contribution in [0.25, 0.3) is 0 Å². The molecule has 0 unspecified atom stereocenters. The van der Waals surface area contributed by atoms with Crippen molar-refractivity contribution in [2.24, 2.45) is 4.99 Å². The van der Waals surface area contributed by atoms with Crippen LogP contribution in [0.5, 0.6) is 0 Å². The lowest BCUT2D eigenvalue weighted by Crippen LogP contribution is -2.16. The molecule has 1 heterocycles. The molecule has 2 aromatic rings. The molecule has 0 radical (unpaired) electrons. The number of allylic oxidation sites excluding steroid dienone is 1. The van der Waals surface area contributed by atoms with Gasteiger partial charge in [0.05, 0.1) is 18.4 Å². The summed E-state index contributed by atoms with van der Waals surface area (Å²) in [5.41, 5.74) is 3.92. The van der Waals surface area contributed by atoms with Crippen LogP contribution in [0.1, 0.15) is 33.8 Å². The van der Waals surface area contributed by atoms with Crippen LogP contribution in [0.3, 0.4) is 0 Å². The molecule has 110 valence electrons. The number of aliphatic imine (C=N–C) groups is 1. The molecule has 0 N–H and O–H groups in total. The predicted molar refractivity (Wildman–Crippen MR) is 87.3 cm³/mol. The van der Waals surface area contributed by atoms with Crippen molar-refractivity contribution in [2.75, 3.05) is 7.11 Å². The summed E-state index contributed by atoms with van der Waals surface area (Å²) in [6.07, 6.45) is 4.85. The van der Waals surface area contributed by atoms with E-state index in [4.69, 9.17) is 4.74 Å². The van der Waals surface area contributed by atoms with Gasteiger partial charge in [0, 0.05) is 12.1 Å². The maximum absolute atomic E-state index is 11.5. The van der Waals surface area contributed by atoms with Gasteiger partial charge in [-0.1, -0.05) is 48.5 Å². The molecular weight excluding hydrogens is 274 g/mol. The topological polar surface area (TPSA) is 38.7 Å². The molecule has 3 rings (SSSR count). The normalized spacial score (nSPS) is 17.0. The van der Waals surface area contributed by atoms with Crippen LogP contribution < -0.4 is 0 Å². The maximum atomic E-state index is 11.5. The van der Waals surface area contributed by atoms with Crippen LogP contribution in [0.4, 0.5) is 0 Å². The van der Waals surface area contributed by atoms with E-state index in [1.54, 1.807) is 0 Å². The zero-order valence-corrected chi connectivity index (χ0v) is 12.4. The summed E-state index contributed by atoms with van der Waals surface area (Å²) in [5, 5.41) is 0. The van der Waals surface area contributed by atoms with E-state index in [1.807, 2.05) is 48.7 Å². The Morgan fingerprint density at radius 1 is 1.09 bits per heavy atom. The van der Waals surface area contributed by atoms with Gasteiger partial charge in [-0.2, -0.15) is 0 Å². The first-order valence-corrected chi connectivity index (χ1v) is 7.26. The molecule has 0 spiro atoms. The van der Waals surface area contributed by atoms with E-state index in [0.717, 1.165) is 23.3 Å². The zero-order valence-electron chi connectivity index (χ0n) is 12.4. The average molecular weight is 291 g/mol. The van der Waals surface area contributed by atoms with E-state index in [1.165, 1.54) is 7.11 Å². The average Bonchev–Trinajstić information content (AvgIpc) is 2.62. The Morgan fingerprint density at radius 3 is 2.50 bits per heavy atom. The summed E-state index contributed by atoms with van der Waals surface area (Å²) in [6.45, 7) is 0. The van der Waals surface area contributed by atoms with Gasteiger partial charge in [0.2, 0.25) is 0 Å². The smallest absolute Gasteiger partial charge is 0.337 e. The lowest BCUT2D eigenvalue weighted by Gasteiger charge is -2.21. The Kier molecular flexibility index (Phi) is 4.15. The molecule has 0 aliphatic carbocycles. The fourth-order valence-electron chi connectivity index (χ4n) is 2.68. The Balaban J connectivity index is 1.92. The minimum absolute atomic E-state index is 0.207. The Labute approximate surface area is 130 Å². The molecule has 0 saturated heterocycles. The lowest BCUT2D eigenvalue weighted by atomic mass is 9.86. The minimum Gasteiger partial charge on any atom is -0.465 e. The van der Waals surface area contributed by atoms with E-state index in [0.29, 0.717) is 5.56 Å². The monoisotopic (exact) mass is 291 g/mol. The van der Waals surface area contributed by atoms with Gasteiger partial charge in [-0.05, 0) is 29.7 Å². The fraction of sp³-hybridized carbons (Fsp3) is 0.158. The van der Waals surface area contributed by atoms with Crippen molar-refractivity contribution in [3.8, 4) is 0 Å². The first-order valence-electron chi connectivity index (χ1n) is 7.26. The second kappa shape index (κ2) is 6.39. The molecule has 3 heteroatoms. The summed E-state index contributed by atoms with van der Waals surface area (Å²) in [4.78, 5) is 16.1. The van der Waals surface area contributed by atoms with Crippen LogP contribution in [0.2, 0.25) is 0 Å². The van der Waals surface area contributed by atoms with Crippen molar-refractivity contribution < 1.29 is 9.53 Å². The molecule has 2 aromatic carbocycles. The number of carbonyl (C=O) groups is 1. The van der Waals surface area contributed by atoms with E-state index in [2.05, 4.69) is 23.2 Å². The standard InChI is InChI=1S/C19H17NO2/c1-22-19(21)16-11-9-14(10-12-16)17-8-5-13-20-18(17)15-6-3-2-4-7-15/h2-7,9-13,17H,8H2,1H3/t17-/m0/s1. The third-order valence-corrected chi connectivity index (χ3v) is 3.82. The van der Waals surface area contributed by atoms with Gasteiger partial charge in [-0.15, -0.1) is 0 Å². The van der Waals surface area contributed by atoms with Gasteiger partial charge in [-0.25, -0.2) is 4.79 Å². The van der Waals surface area contributed by atoms with Crippen LogP contribution in [-0.2, 0) is 4.74 Å². The number of rotatable bonds is 3. The van der Waals surface area contributed by atoms with Gasteiger partial charge in [0.25, 0.3) is 0 Å². The largest absolute Gasteiger partial charge is 0.465 e. The fourth-order valence-corrected chi connectivity index (χ4v) is 2.68. The van der Waals surface area contributed by atoms with Crippen molar-refractivity contribution in [1.29, 1.82) is 0 Å². The molecule has 3 nitrogen and oxygen atoms in total. The lowest BCUT2D eigenvalue weighted by molar-refractivity contribution is 0.0600. The molecule has 0 aromatic heterocycles. The third-order valence-electron chi connectivity index (χ3n) is 3.82. The number of nitrogens with zero attached hydrogens (tertiary/aromatic N) is 1.